The fourth-order valence-corrected chi connectivity index (χ4v) is 3.69. The highest BCUT2D eigenvalue weighted by molar-refractivity contribution is 7.99. The number of amides is 1. The molecular weight excluding hydrogens is 443 g/mol. The molecule has 0 saturated heterocycles. The van der Waals surface area contributed by atoms with Crippen LogP contribution in [0.5, 0.6) is 0 Å². The fourth-order valence-electron chi connectivity index (χ4n) is 3.12. The van der Waals surface area contributed by atoms with Crippen molar-refractivity contribution in [2.45, 2.75) is 23.9 Å². The molecule has 0 fully saturated rings. The summed E-state index contributed by atoms with van der Waals surface area (Å²) in [5.41, 5.74) is 7.72. The molecule has 0 aliphatic rings. The number of alkyl halides is 3. The van der Waals surface area contributed by atoms with Crippen LogP contribution in [0.15, 0.2) is 64.4 Å². The molecule has 166 valence electrons. The van der Waals surface area contributed by atoms with Crippen molar-refractivity contribution in [1.82, 2.24) is 15.2 Å². The average molecular weight is 461 g/mol. The van der Waals surface area contributed by atoms with Gasteiger partial charge in [-0.05, 0) is 42.3 Å². The van der Waals surface area contributed by atoms with Crippen LogP contribution in [0.4, 0.5) is 18.9 Å². The Morgan fingerprint density at radius 3 is 2.66 bits per heavy atom. The Kier molecular flexibility index (Phi) is 6.19. The number of carbonyl (C=O) groups is 1. The van der Waals surface area contributed by atoms with Crippen molar-refractivity contribution in [3.63, 3.8) is 0 Å². The number of hydrogen-bond acceptors (Lipinski definition) is 6. The molecule has 2 aromatic heterocycles. The first-order valence-corrected chi connectivity index (χ1v) is 10.5. The number of nitrogens with zero attached hydrogens (tertiary/aromatic N) is 2. The van der Waals surface area contributed by atoms with E-state index in [4.69, 9.17) is 10.2 Å². The number of halogens is 3. The molecule has 4 aromatic rings. The van der Waals surface area contributed by atoms with Crippen LogP contribution in [0.1, 0.15) is 23.1 Å². The summed E-state index contributed by atoms with van der Waals surface area (Å²) in [7, 11) is 0. The lowest BCUT2D eigenvalue weighted by molar-refractivity contribution is -0.137. The maximum atomic E-state index is 12.6. The van der Waals surface area contributed by atoms with Crippen LogP contribution < -0.4 is 11.1 Å². The number of para-hydroxylation sites is 1. The summed E-state index contributed by atoms with van der Waals surface area (Å²) in [6.07, 6.45) is -2.05. The van der Waals surface area contributed by atoms with Crippen LogP contribution in [0.2, 0.25) is 0 Å². The molecule has 0 unspecified atom stereocenters. The fraction of sp³-hybridized carbons (Fsp3) is 0.190. The lowest BCUT2D eigenvalue weighted by Crippen LogP contribution is -2.14. The van der Waals surface area contributed by atoms with Gasteiger partial charge in [-0.3, -0.25) is 4.79 Å². The number of carbonyl (C=O) groups excluding carboxylic acids is 1. The van der Waals surface area contributed by atoms with E-state index in [0.717, 1.165) is 40.4 Å². The van der Waals surface area contributed by atoms with Crippen molar-refractivity contribution < 1.29 is 22.4 Å². The van der Waals surface area contributed by atoms with E-state index in [0.29, 0.717) is 6.42 Å². The second-order valence-corrected chi connectivity index (χ2v) is 7.91. The number of H-pyrrole nitrogens is 1. The van der Waals surface area contributed by atoms with E-state index in [2.05, 4.69) is 20.5 Å². The normalized spacial score (nSPS) is 12.8. The van der Waals surface area contributed by atoms with Gasteiger partial charge >= 0.3 is 6.18 Å². The predicted molar refractivity (Wildman–Crippen MR) is 114 cm³/mol. The maximum Gasteiger partial charge on any atom is 0.416 e. The van der Waals surface area contributed by atoms with Crippen molar-refractivity contribution >= 4 is 34.3 Å². The van der Waals surface area contributed by atoms with Gasteiger partial charge in [0.15, 0.2) is 0 Å². The number of nitrogens with one attached hydrogen (secondary N) is 2. The number of fused-ring (bicyclic) bond motifs is 1. The number of anilines is 1. The van der Waals surface area contributed by atoms with Crippen LogP contribution in [-0.4, -0.2) is 26.8 Å². The minimum absolute atomic E-state index is 0.0552. The Morgan fingerprint density at radius 1 is 1.16 bits per heavy atom. The summed E-state index contributed by atoms with van der Waals surface area (Å²) >= 11 is 1.01. The third-order valence-electron chi connectivity index (χ3n) is 4.68. The molecule has 1 amide bonds. The van der Waals surface area contributed by atoms with E-state index in [1.54, 1.807) is 0 Å². The van der Waals surface area contributed by atoms with E-state index >= 15 is 0 Å². The van der Waals surface area contributed by atoms with E-state index in [9.17, 15) is 18.0 Å². The molecular formula is C21H18F3N5O2S. The highest BCUT2D eigenvalue weighted by Gasteiger charge is 2.30. The smallest absolute Gasteiger partial charge is 0.414 e. The molecule has 4 rings (SSSR count). The number of aromatic amines is 1. The zero-order chi connectivity index (χ0) is 22.7. The summed E-state index contributed by atoms with van der Waals surface area (Å²) < 4.78 is 43.4. The summed E-state index contributed by atoms with van der Waals surface area (Å²) in [4.78, 5) is 15.3. The van der Waals surface area contributed by atoms with Gasteiger partial charge < -0.3 is 20.5 Å². The van der Waals surface area contributed by atoms with Crippen LogP contribution in [0.25, 0.3) is 10.9 Å². The number of thioether (sulfide) groups is 1. The topological polar surface area (TPSA) is 110 Å². The first-order valence-electron chi connectivity index (χ1n) is 9.53. The molecule has 11 heteroatoms. The van der Waals surface area contributed by atoms with E-state index < -0.39 is 23.7 Å². The zero-order valence-electron chi connectivity index (χ0n) is 16.5. The summed E-state index contributed by atoms with van der Waals surface area (Å²) in [5.74, 6) is -0.223. The molecule has 0 radical (unpaired) electrons. The van der Waals surface area contributed by atoms with Gasteiger partial charge in [0.2, 0.25) is 11.8 Å². The van der Waals surface area contributed by atoms with Crippen LogP contribution >= 0.6 is 11.8 Å². The minimum Gasteiger partial charge on any atom is -0.414 e. The molecule has 7 nitrogen and oxygen atoms in total. The predicted octanol–water partition coefficient (Wildman–Crippen LogP) is 4.54. The Balaban J connectivity index is 1.30. The highest BCUT2D eigenvalue weighted by Crippen LogP contribution is 2.30. The lowest BCUT2D eigenvalue weighted by atomic mass is 10.1. The van der Waals surface area contributed by atoms with Crippen LogP contribution in [0, 0.1) is 0 Å². The van der Waals surface area contributed by atoms with Crippen LogP contribution in [0.3, 0.4) is 0 Å². The largest absolute Gasteiger partial charge is 0.416 e. The van der Waals surface area contributed by atoms with Gasteiger partial charge in [0.05, 0.1) is 17.4 Å². The first-order chi connectivity index (χ1) is 15.3. The molecule has 0 bridgehead atoms. The van der Waals surface area contributed by atoms with Gasteiger partial charge in [-0.25, -0.2) is 0 Å². The Hall–Kier alpha value is -3.31. The SMILES string of the molecule is N[C@@H](Cc1c[nH]c2ccccc12)c1nnc(SCC(=O)Nc2ccc(C(F)(F)F)cc2)o1. The average Bonchev–Trinajstić information content (AvgIpc) is 3.40. The van der Waals surface area contributed by atoms with E-state index in [1.807, 2.05) is 30.5 Å². The number of aromatic nitrogens is 3. The third-order valence-corrected chi connectivity index (χ3v) is 5.50. The summed E-state index contributed by atoms with van der Waals surface area (Å²) in [5, 5.41) is 11.6. The minimum atomic E-state index is -4.43. The van der Waals surface area contributed by atoms with Gasteiger partial charge in [0, 0.05) is 22.8 Å². The van der Waals surface area contributed by atoms with Crippen LogP contribution in [-0.2, 0) is 17.4 Å². The zero-order valence-corrected chi connectivity index (χ0v) is 17.3. The molecule has 0 aliphatic carbocycles. The summed E-state index contributed by atoms with van der Waals surface area (Å²) in [6.45, 7) is 0. The molecule has 0 aliphatic heterocycles. The number of benzene rings is 2. The first kappa shape index (κ1) is 21.9. The van der Waals surface area contributed by atoms with E-state index in [-0.39, 0.29) is 22.6 Å². The van der Waals surface area contributed by atoms with Crippen molar-refractivity contribution in [3.05, 3.63) is 71.7 Å². The van der Waals surface area contributed by atoms with Crippen molar-refractivity contribution in [2.24, 2.45) is 5.73 Å². The maximum absolute atomic E-state index is 12.6. The van der Waals surface area contributed by atoms with Gasteiger partial charge in [-0.1, -0.05) is 30.0 Å². The highest BCUT2D eigenvalue weighted by atomic mass is 32.2. The standard InChI is InChI=1S/C21H18F3N5O2S/c22-21(23,24)13-5-7-14(8-6-13)27-18(30)11-32-20-29-28-19(31-20)16(25)9-12-10-26-17-4-2-1-3-15(12)17/h1-8,10,16,26H,9,11,25H2,(H,27,30)/t16-/m0/s1. The second-order valence-electron chi connectivity index (χ2n) is 6.99. The molecule has 0 spiro atoms. The van der Waals surface area contributed by atoms with Gasteiger partial charge in [-0.2, -0.15) is 13.2 Å². The van der Waals surface area contributed by atoms with Crippen molar-refractivity contribution in [2.75, 3.05) is 11.1 Å². The molecule has 1 atom stereocenters. The van der Waals surface area contributed by atoms with Gasteiger partial charge in [-0.15, -0.1) is 10.2 Å². The van der Waals surface area contributed by atoms with E-state index in [1.165, 1.54) is 12.1 Å². The second kappa shape index (κ2) is 9.05. The molecule has 2 heterocycles. The van der Waals surface area contributed by atoms with Gasteiger partial charge in [0.25, 0.3) is 5.22 Å². The van der Waals surface area contributed by atoms with Gasteiger partial charge in [0.1, 0.15) is 0 Å². The Bertz CT molecular complexity index is 1220. The molecule has 0 saturated carbocycles. The number of hydrogen-bond donors (Lipinski definition) is 3. The molecule has 2 aromatic carbocycles. The number of rotatable bonds is 7. The third kappa shape index (κ3) is 5.11. The van der Waals surface area contributed by atoms with Crippen molar-refractivity contribution in [1.29, 1.82) is 0 Å². The summed E-state index contributed by atoms with van der Waals surface area (Å²) in [6, 6.07) is 11.5. The Morgan fingerprint density at radius 2 is 1.91 bits per heavy atom. The monoisotopic (exact) mass is 461 g/mol. The Labute approximate surface area is 184 Å². The van der Waals surface area contributed by atoms with Crippen molar-refractivity contribution in [3.8, 4) is 0 Å². The quantitative estimate of drug-likeness (QED) is 0.349. The molecule has 32 heavy (non-hydrogen) atoms. The lowest BCUT2D eigenvalue weighted by Gasteiger charge is -2.08. The molecule has 4 N–H and O–H groups in total. The number of nitrogens with two attached hydrogens (primary N) is 1.